The molecule has 0 amide bonds. The molecule has 1 rings (SSSR count). The van der Waals surface area contributed by atoms with Gasteiger partial charge in [-0.05, 0) is 0 Å². The zero-order valence-corrected chi connectivity index (χ0v) is 13.8. The number of hydrogen-bond donors (Lipinski definition) is 6. The quantitative estimate of drug-likeness (QED) is 0.220. The fraction of sp³-hybridized carbons (Fsp3) is 1.00. The molecule has 0 radical (unpaired) electrons. The standard InChI is InChI=1S/C6H15O15P3/c7-1-2(8)5(20-23(13,14)15)6(21-24(16,17)18)3(9)4(1)19-22(10,11)12/h1-9H,(H2,10,11,12)(H2,13,14,15)(H2,16,17,18)/p-3. The molecule has 7 unspecified atom stereocenters. The van der Waals surface area contributed by atoms with Crippen LogP contribution in [0.5, 0.6) is 0 Å². The number of rotatable bonds is 6. The van der Waals surface area contributed by atoms with Crippen molar-refractivity contribution in [1.82, 2.24) is 0 Å². The summed E-state index contributed by atoms with van der Waals surface area (Å²) in [5.41, 5.74) is 0. The van der Waals surface area contributed by atoms with E-state index in [1.165, 1.54) is 0 Å². The van der Waals surface area contributed by atoms with Crippen molar-refractivity contribution in [2.75, 3.05) is 0 Å². The van der Waals surface area contributed by atoms with Gasteiger partial charge >= 0.3 is 7.82 Å². The van der Waals surface area contributed by atoms with Crippen LogP contribution in [-0.2, 0) is 27.3 Å². The third-order valence-electron chi connectivity index (χ3n) is 2.78. The minimum atomic E-state index is -5.86. The molecule has 1 aliphatic carbocycles. The molecule has 15 nitrogen and oxygen atoms in total. The molecule has 0 aromatic carbocycles. The minimum absolute atomic E-state index is 2.47. The summed E-state index contributed by atoms with van der Waals surface area (Å²) in [4.78, 5) is 58.0. The Morgan fingerprint density at radius 1 is 0.667 bits per heavy atom. The number of hydrogen-bond acceptors (Lipinski definition) is 12. The number of aliphatic hydroxyl groups is 3. The van der Waals surface area contributed by atoms with Crippen LogP contribution in [0.3, 0.4) is 0 Å². The lowest BCUT2D eigenvalue weighted by molar-refractivity contribution is -0.353. The van der Waals surface area contributed by atoms with E-state index < -0.39 is 60.1 Å². The first-order chi connectivity index (χ1) is 10.5. The van der Waals surface area contributed by atoms with Crippen molar-refractivity contribution in [3.63, 3.8) is 0 Å². The second-order valence-corrected chi connectivity index (χ2v) is 8.03. The van der Waals surface area contributed by atoms with Crippen molar-refractivity contribution in [2.24, 2.45) is 0 Å². The van der Waals surface area contributed by atoms with E-state index in [0.717, 1.165) is 0 Å². The van der Waals surface area contributed by atoms with Gasteiger partial charge in [0.25, 0.3) is 7.82 Å². The Morgan fingerprint density at radius 3 is 1.46 bits per heavy atom. The van der Waals surface area contributed by atoms with Crippen molar-refractivity contribution in [2.45, 2.75) is 36.6 Å². The number of phosphoric acid groups is 3. The van der Waals surface area contributed by atoms with Crippen LogP contribution in [0.25, 0.3) is 0 Å². The van der Waals surface area contributed by atoms with Crippen LogP contribution in [0.1, 0.15) is 0 Å². The Morgan fingerprint density at radius 2 is 1.08 bits per heavy atom. The molecule has 0 bridgehead atoms. The summed E-state index contributed by atoms with van der Waals surface area (Å²) in [5.74, 6) is 0. The van der Waals surface area contributed by atoms with E-state index in [0.29, 0.717) is 0 Å². The maximum atomic E-state index is 10.9. The molecule has 1 aliphatic rings. The first-order valence-corrected chi connectivity index (χ1v) is 10.2. The van der Waals surface area contributed by atoms with Crippen LogP contribution in [0.15, 0.2) is 0 Å². The molecule has 6 N–H and O–H groups in total. The average molecular weight is 417 g/mol. The maximum absolute atomic E-state index is 10.9. The van der Waals surface area contributed by atoms with Gasteiger partial charge in [0.2, 0.25) is 0 Å². The molecular formula is C6H12O15P3-3. The molecule has 0 aromatic rings. The smallest absolute Gasteiger partial charge is 0.470 e. The molecule has 0 aromatic heterocycles. The van der Waals surface area contributed by atoms with Crippen molar-refractivity contribution in [1.29, 1.82) is 0 Å². The zero-order chi connectivity index (χ0) is 19.1. The highest BCUT2D eigenvalue weighted by Gasteiger charge is 2.54. The summed E-state index contributed by atoms with van der Waals surface area (Å²) in [6, 6.07) is 0. The fourth-order valence-corrected chi connectivity index (χ4v) is 3.66. The summed E-state index contributed by atoms with van der Waals surface area (Å²) in [6.45, 7) is 0. The third kappa shape index (κ3) is 6.50. The summed E-state index contributed by atoms with van der Waals surface area (Å²) in [7, 11) is -17.0. The predicted octanol–water partition coefficient (Wildman–Crippen LogP) is -5.38. The molecule has 0 aliphatic heterocycles. The Hall–Kier alpha value is 0.210. The lowest BCUT2D eigenvalue weighted by atomic mass is 9.85. The van der Waals surface area contributed by atoms with Gasteiger partial charge in [-0.2, -0.15) is 0 Å². The molecular weight excluding hydrogens is 405 g/mol. The molecule has 144 valence electrons. The minimum Gasteiger partial charge on any atom is -0.790 e. The highest BCUT2D eigenvalue weighted by molar-refractivity contribution is 7.46. The van der Waals surface area contributed by atoms with Crippen LogP contribution in [-0.4, -0.2) is 66.6 Å². The monoisotopic (exact) mass is 417 g/mol. The lowest BCUT2D eigenvalue weighted by Crippen LogP contribution is -2.65. The molecule has 0 spiro atoms. The first kappa shape index (κ1) is 22.3. The van der Waals surface area contributed by atoms with Gasteiger partial charge in [0.15, 0.2) is 0 Å². The fourth-order valence-electron chi connectivity index (χ4n) is 2.00. The molecule has 0 saturated heterocycles. The largest absolute Gasteiger partial charge is 0.790 e. The van der Waals surface area contributed by atoms with Gasteiger partial charge in [-0.15, -0.1) is 0 Å². The van der Waals surface area contributed by atoms with E-state index in [1.54, 1.807) is 0 Å². The van der Waals surface area contributed by atoms with E-state index in [4.69, 9.17) is 14.7 Å². The summed E-state index contributed by atoms with van der Waals surface area (Å²) < 4.78 is 43.9. The second kappa shape index (κ2) is 7.45. The molecule has 7 atom stereocenters. The Labute approximate surface area is 133 Å². The lowest BCUT2D eigenvalue weighted by Gasteiger charge is -2.47. The number of aliphatic hydroxyl groups excluding tert-OH is 3. The topological polar surface area (TPSA) is 269 Å². The van der Waals surface area contributed by atoms with Crippen LogP contribution in [0.2, 0.25) is 0 Å². The van der Waals surface area contributed by atoms with E-state index in [9.17, 15) is 43.7 Å². The molecule has 24 heavy (non-hydrogen) atoms. The Kier molecular flexibility index (Phi) is 6.90. The van der Waals surface area contributed by atoms with Gasteiger partial charge in [-0.25, -0.2) is 4.57 Å². The van der Waals surface area contributed by atoms with Crippen molar-refractivity contribution >= 4 is 23.5 Å². The van der Waals surface area contributed by atoms with Gasteiger partial charge in [0.05, 0.1) is 7.82 Å². The summed E-state index contributed by atoms with van der Waals surface area (Å²) >= 11 is 0. The SMILES string of the molecule is O=P([O-])([O-])OC1C(O)C(O)C(OP(=O)([O-])O)C(OP(=O)(O)O)C1O. The average Bonchev–Trinajstić information content (AvgIpc) is 2.32. The van der Waals surface area contributed by atoms with Crippen molar-refractivity contribution in [3.05, 3.63) is 0 Å². The molecule has 1 saturated carbocycles. The first-order valence-electron chi connectivity index (χ1n) is 5.72. The van der Waals surface area contributed by atoms with Crippen molar-refractivity contribution in [3.8, 4) is 0 Å². The van der Waals surface area contributed by atoms with Crippen LogP contribution >= 0.6 is 23.5 Å². The van der Waals surface area contributed by atoms with Gasteiger partial charge in [-0.3, -0.25) is 9.09 Å². The second-order valence-electron chi connectivity index (χ2n) is 4.59. The summed E-state index contributed by atoms with van der Waals surface area (Å²) in [6.07, 6.45) is -15.0. The molecule has 1 fully saturated rings. The van der Waals surface area contributed by atoms with Crippen LogP contribution in [0.4, 0.5) is 0 Å². The Balaban J connectivity index is 3.23. The highest BCUT2D eigenvalue weighted by atomic mass is 31.2. The Bertz CT molecular complexity index is 574. The zero-order valence-electron chi connectivity index (χ0n) is 11.2. The van der Waals surface area contributed by atoms with Crippen LogP contribution < -0.4 is 14.7 Å². The normalized spacial score (nSPS) is 37.9. The van der Waals surface area contributed by atoms with E-state index in [2.05, 4.69) is 13.6 Å². The van der Waals surface area contributed by atoms with Gasteiger partial charge in [0.1, 0.15) is 36.6 Å². The van der Waals surface area contributed by atoms with Crippen LogP contribution in [0, 0.1) is 0 Å². The van der Waals surface area contributed by atoms with E-state index in [-0.39, 0.29) is 0 Å². The summed E-state index contributed by atoms with van der Waals surface area (Å²) in [5, 5.41) is 29.1. The predicted molar refractivity (Wildman–Crippen MR) is 62.1 cm³/mol. The molecule has 0 heterocycles. The highest BCUT2D eigenvalue weighted by Crippen LogP contribution is 2.46. The third-order valence-corrected chi connectivity index (χ3v) is 4.31. The van der Waals surface area contributed by atoms with E-state index >= 15 is 0 Å². The van der Waals surface area contributed by atoms with Crippen molar-refractivity contribution < 1.29 is 71.9 Å². The van der Waals surface area contributed by atoms with E-state index in [1.807, 2.05) is 0 Å². The molecule has 18 heteroatoms. The van der Waals surface area contributed by atoms with Gasteiger partial charge in [0, 0.05) is 0 Å². The number of phosphoric ester groups is 3. The van der Waals surface area contributed by atoms with Gasteiger partial charge in [-0.1, -0.05) is 0 Å². The maximum Gasteiger partial charge on any atom is 0.470 e. The van der Waals surface area contributed by atoms with Gasteiger partial charge < -0.3 is 58.3 Å².